The van der Waals surface area contributed by atoms with Crippen LogP contribution in [0.25, 0.3) is 66.4 Å². The van der Waals surface area contributed by atoms with Gasteiger partial charge in [-0.2, -0.15) is 0 Å². The maximum absolute atomic E-state index is 2.45. The van der Waals surface area contributed by atoms with Crippen molar-refractivity contribution in [3.05, 3.63) is 294 Å². The van der Waals surface area contributed by atoms with E-state index in [9.17, 15) is 0 Å². The van der Waals surface area contributed by atoms with Crippen LogP contribution in [0.15, 0.2) is 255 Å². The Kier molecular flexibility index (Phi) is 10.6. The average Bonchev–Trinajstić information content (AvgIpc) is 4.03. The third-order valence-corrected chi connectivity index (χ3v) is 16.0. The van der Waals surface area contributed by atoms with Gasteiger partial charge in [-0.15, -0.1) is 0 Å². The third-order valence-electron chi connectivity index (χ3n) is 16.0. The molecule has 0 amide bonds. The Bertz CT molecular complexity index is 3870. The fraction of sp³-hybridized carbons (Fsp3) is 0.0986. The summed E-state index contributed by atoms with van der Waals surface area (Å²) in [5.74, 6) is 0. The van der Waals surface area contributed by atoms with Gasteiger partial charge in [0.25, 0.3) is 0 Å². The zero-order valence-corrected chi connectivity index (χ0v) is 41.9. The minimum atomic E-state index is -0.458. The van der Waals surface area contributed by atoms with E-state index < -0.39 is 5.41 Å². The topological polar surface area (TPSA) is 8.17 Å². The predicted molar refractivity (Wildman–Crippen MR) is 309 cm³/mol. The zero-order valence-electron chi connectivity index (χ0n) is 41.9. The molecule has 0 saturated heterocycles. The predicted octanol–water partition coefficient (Wildman–Crippen LogP) is 19.0. The molecule has 0 saturated carbocycles. The number of aromatic nitrogens is 1. The summed E-state index contributed by atoms with van der Waals surface area (Å²) in [6, 6.07) is 88.3. The number of hydrogen-bond donors (Lipinski definition) is 0. The monoisotopic (exact) mass is 936 g/mol. The van der Waals surface area contributed by atoms with Crippen molar-refractivity contribution >= 4 is 44.4 Å². The van der Waals surface area contributed by atoms with E-state index in [1.807, 2.05) is 0 Å². The molecule has 11 aromatic rings. The van der Waals surface area contributed by atoms with E-state index in [0.717, 1.165) is 23.5 Å². The highest BCUT2D eigenvalue weighted by Crippen LogP contribution is 2.58. The summed E-state index contributed by atoms with van der Waals surface area (Å²) in [7, 11) is 0. The lowest BCUT2D eigenvalue weighted by atomic mass is 9.67. The second kappa shape index (κ2) is 17.5. The van der Waals surface area contributed by atoms with E-state index in [1.54, 1.807) is 0 Å². The van der Waals surface area contributed by atoms with Crippen molar-refractivity contribution in [2.75, 3.05) is 4.90 Å². The Morgan fingerprint density at radius 1 is 0.466 bits per heavy atom. The minimum Gasteiger partial charge on any atom is -0.310 e. The Hall–Kier alpha value is -8.72. The van der Waals surface area contributed by atoms with Crippen LogP contribution in [0.1, 0.15) is 73.1 Å². The van der Waals surface area contributed by atoms with E-state index in [1.165, 1.54) is 105 Å². The third kappa shape index (κ3) is 6.85. The summed E-state index contributed by atoms with van der Waals surface area (Å²) in [5, 5.41) is 2.55. The molecular formula is C71H56N2. The molecule has 73 heavy (non-hydrogen) atoms. The summed E-state index contributed by atoms with van der Waals surface area (Å²) >= 11 is 0. The quantitative estimate of drug-likeness (QED) is 0.124. The van der Waals surface area contributed by atoms with Gasteiger partial charge in [0.2, 0.25) is 0 Å². The van der Waals surface area contributed by atoms with Crippen LogP contribution < -0.4 is 4.90 Å². The Morgan fingerprint density at radius 2 is 1.00 bits per heavy atom. The van der Waals surface area contributed by atoms with E-state index in [2.05, 4.69) is 292 Å². The van der Waals surface area contributed by atoms with E-state index in [0.29, 0.717) is 0 Å². The second-order valence-electron chi connectivity index (χ2n) is 20.2. The number of allylic oxidation sites excluding steroid dienone is 4. The van der Waals surface area contributed by atoms with Crippen molar-refractivity contribution in [2.24, 2.45) is 0 Å². The number of nitrogens with zero attached hydrogens (tertiary/aromatic N) is 2. The number of benzene rings is 10. The van der Waals surface area contributed by atoms with Gasteiger partial charge in [0.05, 0.1) is 16.4 Å². The molecule has 0 unspecified atom stereocenters. The molecule has 0 atom stereocenters. The minimum absolute atomic E-state index is 0.250. The standard InChI is InChI=1S/C71H56N2/c1-5-7-21-48(6-2)49-34-38-53(39-35-49)72(55-42-44-58-59-45-43-56(47-66(59)70(3,4)65(58)46-55)73-67-32-18-15-26-60(67)61-27-16-19-33-68(61)73)54-40-36-50(37-41-54)57-29-20-31-64-69(57)62-28-14-17-30-63(62)71(64,51-22-10-8-11-23-51)52-24-12-9-13-25-52/h6-47H,5H2,1-4H3. The van der Waals surface area contributed by atoms with Crippen molar-refractivity contribution in [3.8, 4) is 39.1 Å². The molecule has 2 aliphatic carbocycles. The van der Waals surface area contributed by atoms with Gasteiger partial charge >= 0.3 is 0 Å². The first-order chi connectivity index (χ1) is 35.9. The lowest BCUT2D eigenvalue weighted by Gasteiger charge is -2.34. The average molecular weight is 937 g/mol. The molecule has 2 aliphatic rings. The first kappa shape index (κ1) is 44.2. The fourth-order valence-corrected chi connectivity index (χ4v) is 12.6. The van der Waals surface area contributed by atoms with Crippen molar-refractivity contribution in [1.29, 1.82) is 0 Å². The molecule has 2 heteroatoms. The lowest BCUT2D eigenvalue weighted by molar-refractivity contribution is 0.660. The van der Waals surface area contributed by atoms with Crippen LogP contribution >= 0.6 is 0 Å². The number of rotatable bonds is 10. The number of anilines is 3. The molecular weight excluding hydrogens is 881 g/mol. The van der Waals surface area contributed by atoms with Crippen LogP contribution in [0.5, 0.6) is 0 Å². The molecule has 0 radical (unpaired) electrons. The van der Waals surface area contributed by atoms with Crippen LogP contribution in [0.4, 0.5) is 17.1 Å². The summed E-state index contributed by atoms with van der Waals surface area (Å²) in [4.78, 5) is 2.44. The maximum atomic E-state index is 2.45. The highest BCUT2D eigenvalue weighted by atomic mass is 15.1. The zero-order chi connectivity index (χ0) is 49.3. The highest BCUT2D eigenvalue weighted by molar-refractivity contribution is 6.09. The summed E-state index contributed by atoms with van der Waals surface area (Å²) in [6.07, 6.45) is 7.67. The largest absolute Gasteiger partial charge is 0.310 e. The second-order valence-corrected chi connectivity index (χ2v) is 20.2. The molecule has 0 spiro atoms. The van der Waals surface area contributed by atoms with Gasteiger partial charge in [0.1, 0.15) is 0 Å². The van der Waals surface area contributed by atoms with Crippen molar-refractivity contribution in [3.63, 3.8) is 0 Å². The van der Waals surface area contributed by atoms with E-state index in [-0.39, 0.29) is 5.41 Å². The molecule has 1 aromatic heterocycles. The highest BCUT2D eigenvalue weighted by Gasteiger charge is 2.47. The van der Waals surface area contributed by atoms with Crippen molar-refractivity contribution in [2.45, 2.75) is 44.9 Å². The molecule has 0 N–H and O–H groups in total. The Morgan fingerprint density at radius 3 is 1.64 bits per heavy atom. The van der Waals surface area contributed by atoms with Gasteiger partial charge in [0.15, 0.2) is 0 Å². The van der Waals surface area contributed by atoms with Crippen molar-refractivity contribution < 1.29 is 0 Å². The fourth-order valence-electron chi connectivity index (χ4n) is 12.6. The molecule has 1 heterocycles. The van der Waals surface area contributed by atoms with E-state index in [4.69, 9.17) is 0 Å². The van der Waals surface area contributed by atoms with Crippen LogP contribution in [0.3, 0.4) is 0 Å². The number of hydrogen-bond acceptors (Lipinski definition) is 1. The number of para-hydroxylation sites is 2. The van der Waals surface area contributed by atoms with Crippen LogP contribution in [0.2, 0.25) is 0 Å². The summed E-state index contributed by atoms with van der Waals surface area (Å²) in [5.41, 5.74) is 24.1. The Labute approximate surface area is 429 Å². The smallest absolute Gasteiger partial charge is 0.0713 e. The Balaban J connectivity index is 0.929. The first-order valence-electron chi connectivity index (χ1n) is 25.9. The van der Waals surface area contributed by atoms with Gasteiger partial charge in [-0.3, -0.25) is 0 Å². The van der Waals surface area contributed by atoms with Gasteiger partial charge in [0, 0.05) is 38.9 Å². The normalized spacial score (nSPS) is 14.1. The van der Waals surface area contributed by atoms with Crippen LogP contribution in [-0.4, -0.2) is 4.57 Å². The lowest BCUT2D eigenvalue weighted by Crippen LogP contribution is -2.28. The summed E-state index contributed by atoms with van der Waals surface area (Å²) in [6.45, 7) is 9.10. The molecule has 0 aliphatic heterocycles. The first-order valence-corrected chi connectivity index (χ1v) is 25.9. The van der Waals surface area contributed by atoms with Crippen LogP contribution in [0, 0.1) is 0 Å². The number of fused-ring (bicyclic) bond motifs is 9. The molecule has 2 nitrogen and oxygen atoms in total. The SMILES string of the molecule is CC=C(C=CCC)c1ccc(N(c2ccc(-c3cccc4c3-c3ccccc3C4(c3ccccc3)c3ccccc3)cc2)c2ccc3c(c2)C(C)(C)c2cc(-n4c5ccccc5c5ccccc54)ccc2-3)cc1. The van der Waals surface area contributed by atoms with Crippen LogP contribution in [-0.2, 0) is 10.8 Å². The van der Waals surface area contributed by atoms with Crippen molar-refractivity contribution in [1.82, 2.24) is 4.57 Å². The van der Waals surface area contributed by atoms with Gasteiger partial charge in [-0.25, -0.2) is 0 Å². The van der Waals surface area contributed by atoms with Gasteiger partial charge < -0.3 is 9.47 Å². The molecule has 13 rings (SSSR count). The van der Waals surface area contributed by atoms with E-state index >= 15 is 0 Å². The molecule has 0 bridgehead atoms. The van der Waals surface area contributed by atoms with Gasteiger partial charge in [-0.05, 0) is 152 Å². The molecule has 0 fully saturated rings. The molecule has 10 aromatic carbocycles. The van der Waals surface area contributed by atoms with Gasteiger partial charge in [-0.1, -0.05) is 215 Å². The summed E-state index contributed by atoms with van der Waals surface area (Å²) < 4.78 is 2.44. The molecule has 350 valence electrons. The maximum Gasteiger partial charge on any atom is 0.0713 e.